The van der Waals surface area contributed by atoms with Crippen LogP contribution in [0.25, 0.3) is 11.5 Å². The quantitative estimate of drug-likeness (QED) is 0.538. The molecule has 0 spiro atoms. The molecule has 0 atom stereocenters. The molecule has 1 aromatic heterocycles. The van der Waals surface area contributed by atoms with Crippen LogP contribution in [0.5, 0.6) is 5.75 Å². The molecular formula is C21H24N4O5S. The zero-order valence-electron chi connectivity index (χ0n) is 17.5. The minimum absolute atomic E-state index is 0.0614. The topological polar surface area (TPSA) is 115 Å². The second-order valence-corrected chi connectivity index (χ2v) is 8.38. The van der Waals surface area contributed by atoms with Gasteiger partial charge in [0.1, 0.15) is 5.75 Å². The lowest BCUT2D eigenvalue weighted by molar-refractivity contribution is 0.102. The molecular weight excluding hydrogens is 420 g/mol. The Balaban J connectivity index is 1.69. The number of amides is 1. The zero-order valence-corrected chi connectivity index (χ0v) is 18.3. The van der Waals surface area contributed by atoms with E-state index in [0.717, 1.165) is 5.75 Å². The molecule has 1 heterocycles. The van der Waals surface area contributed by atoms with Crippen LogP contribution >= 0.6 is 0 Å². The van der Waals surface area contributed by atoms with E-state index in [9.17, 15) is 13.2 Å². The molecule has 164 valence electrons. The lowest BCUT2D eigenvalue weighted by Gasteiger charge is -2.18. The molecule has 10 heteroatoms. The highest BCUT2D eigenvalue weighted by atomic mass is 32.2. The molecule has 2 aromatic carbocycles. The lowest BCUT2D eigenvalue weighted by atomic mass is 10.2. The third-order valence-corrected chi connectivity index (χ3v) is 6.58. The van der Waals surface area contributed by atoms with E-state index < -0.39 is 15.9 Å². The van der Waals surface area contributed by atoms with Gasteiger partial charge in [0.15, 0.2) is 0 Å². The van der Waals surface area contributed by atoms with Crippen LogP contribution in [0.3, 0.4) is 0 Å². The summed E-state index contributed by atoms with van der Waals surface area (Å²) in [5.74, 6) is 0.485. The first-order chi connectivity index (χ1) is 14.9. The van der Waals surface area contributed by atoms with Gasteiger partial charge in [-0.05, 0) is 55.5 Å². The Kier molecular flexibility index (Phi) is 7.03. The molecule has 1 amide bonds. The van der Waals surface area contributed by atoms with Gasteiger partial charge in [-0.1, -0.05) is 18.9 Å². The van der Waals surface area contributed by atoms with Crippen molar-refractivity contribution >= 4 is 21.9 Å². The number of nitrogens with zero attached hydrogens (tertiary/aromatic N) is 3. The highest BCUT2D eigenvalue weighted by Gasteiger charge is 2.22. The fourth-order valence-electron chi connectivity index (χ4n) is 2.91. The van der Waals surface area contributed by atoms with E-state index in [4.69, 9.17) is 9.15 Å². The average molecular weight is 445 g/mol. The molecule has 0 aliphatic heterocycles. The van der Waals surface area contributed by atoms with E-state index in [0.29, 0.717) is 25.3 Å². The van der Waals surface area contributed by atoms with Crippen molar-refractivity contribution in [1.29, 1.82) is 0 Å². The Bertz CT molecular complexity index is 1120. The van der Waals surface area contributed by atoms with Gasteiger partial charge < -0.3 is 9.15 Å². The van der Waals surface area contributed by atoms with Crippen LogP contribution in [0, 0.1) is 0 Å². The average Bonchev–Trinajstić information content (AvgIpc) is 3.23. The molecule has 3 aromatic rings. The molecule has 0 radical (unpaired) electrons. The molecule has 9 nitrogen and oxygen atoms in total. The molecule has 0 unspecified atom stereocenters. The predicted octanol–water partition coefficient (Wildman–Crippen LogP) is 3.42. The van der Waals surface area contributed by atoms with E-state index in [2.05, 4.69) is 15.5 Å². The van der Waals surface area contributed by atoms with Crippen molar-refractivity contribution in [2.75, 3.05) is 25.0 Å². The van der Waals surface area contributed by atoms with Crippen LogP contribution in [-0.4, -0.2) is 48.5 Å². The van der Waals surface area contributed by atoms with Crippen LogP contribution in [0.15, 0.2) is 57.8 Å². The van der Waals surface area contributed by atoms with Gasteiger partial charge in [0, 0.05) is 24.2 Å². The summed E-state index contributed by atoms with van der Waals surface area (Å²) in [4.78, 5) is 12.6. The van der Waals surface area contributed by atoms with Gasteiger partial charge in [-0.3, -0.25) is 10.1 Å². The number of ether oxygens (including phenoxy) is 1. The number of anilines is 1. The number of rotatable bonds is 9. The van der Waals surface area contributed by atoms with Gasteiger partial charge in [0.25, 0.3) is 5.91 Å². The van der Waals surface area contributed by atoms with Crippen molar-refractivity contribution in [1.82, 2.24) is 14.5 Å². The van der Waals surface area contributed by atoms with Gasteiger partial charge >= 0.3 is 6.01 Å². The van der Waals surface area contributed by atoms with Crippen LogP contribution in [0.4, 0.5) is 6.01 Å². The number of benzene rings is 2. The Morgan fingerprint density at radius 2 is 1.65 bits per heavy atom. The highest BCUT2D eigenvalue weighted by Crippen LogP contribution is 2.23. The minimum atomic E-state index is -3.58. The number of hydrogen-bond donors (Lipinski definition) is 1. The second-order valence-electron chi connectivity index (χ2n) is 6.44. The van der Waals surface area contributed by atoms with E-state index in [1.165, 1.54) is 28.6 Å². The monoisotopic (exact) mass is 444 g/mol. The Morgan fingerprint density at radius 3 is 2.23 bits per heavy atom. The molecule has 0 bridgehead atoms. The van der Waals surface area contributed by atoms with Gasteiger partial charge in [0.2, 0.25) is 15.9 Å². The molecule has 0 saturated carbocycles. The largest absolute Gasteiger partial charge is 0.494 e. The lowest BCUT2D eigenvalue weighted by Crippen LogP contribution is -2.30. The zero-order chi connectivity index (χ0) is 22.4. The number of carbonyl (C=O) groups is 1. The maximum atomic E-state index is 12.5. The smallest absolute Gasteiger partial charge is 0.322 e. The summed E-state index contributed by atoms with van der Waals surface area (Å²) < 4.78 is 37.3. The highest BCUT2D eigenvalue weighted by molar-refractivity contribution is 7.89. The summed E-state index contributed by atoms with van der Waals surface area (Å²) in [6.45, 7) is 6.75. The van der Waals surface area contributed by atoms with Crippen LogP contribution in [0.1, 0.15) is 31.1 Å². The first-order valence-electron chi connectivity index (χ1n) is 9.87. The Morgan fingerprint density at radius 1 is 1.00 bits per heavy atom. The maximum Gasteiger partial charge on any atom is 0.322 e. The SMILES string of the molecule is CCOc1ccc(-c2nnc(NC(=O)c3ccc(S(=O)(=O)N(CC)CC)cc3)o2)cc1. The maximum absolute atomic E-state index is 12.5. The van der Waals surface area contributed by atoms with Gasteiger partial charge in [-0.2, -0.15) is 4.31 Å². The normalized spacial score (nSPS) is 11.5. The first-order valence-corrected chi connectivity index (χ1v) is 11.3. The number of sulfonamides is 1. The van der Waals surface area contributed by atoms with Crippen LogP contribution in [0.2, 0.25) is 0 Å². The summed E-state index contributed by atoms with van der Waals surface area (Å²) >= 11 is 0. The predicted molar refractivity (Wildman–Crippen MR) is 115 cm³/mol. The van der Waals surface area contributed by atoms with E-state index in [-0.39, 0.29) is 22.4 Å². The fourth-order valence-corrected chi connectivity index (χ4v) is 4.37. The summed E-state index contributed by atoms with van der Waals surface area (Å²) in [5, 5.41) is 10.3. The van der Waals surface area contributed by atoms with Crippen molar-refractivity contribution in [2.45, 2.75) is 25.7 Å². The van der Waals surface area contributed by atoms with Crippen molar-refractivity contribution < 1.29 is 22.4 Å². The summed E-state index contributed by atoms with van der Waals surface area (Å²) in [5.41, 5.74) is 0.946. The number of nitrogens with one attached hydrogen (secondary N) is 1. The third kappa shape index (κ3) is 5.09. The van der Waals surface area contributed by atoms with Gasteiger partial charge in [-0.25, -0.2) is 8.42 Å². The molecule has 3 rings (SSSR count). The van der Waals surface area contributed by atoms with Crippen LogP contribution in [-0.2, 0) is 10.0 Å². The van der Waals surface area contributed by atoms with E-state index in [1.54, 1.807) is 38.1 Å². The van der Waals surface area contributed by atoms with E-state index >= 15 is 0 Å². The summed E-state index contributed by atoms with van der Waals surface area (Å²) in [6, 6.07) is 12.8. The Hall–Kier alpha value is -3.24. The van der Waals surface area contributed by atoms with Crippen molar-refractivity contribution in [3.05, 3.63) is 54.1 Å². The second kappa shape index (κ2) is 9.71. The molecule has 1 N–H and O–H groups in total. The molecule has 31 heavy (non-hydrogen) atoms. The molecule has 0 fully saturated rings. The number of aromatic nitrogens is 2. The summed E-state index contributed by atoms with van der Waals surface area (Å²) in [6.07, 6.45) is 0. The third-order valence-electron chi connectivity index (χ3n) is 4.52. The fraction of sp³-hybridized carbons (Fsp3) is 0.286. The molecule has 0 aliphatic rings. The number of carbonyl (C=O) groups excluding carboxylic acids is 1. The van der Waals surface area contributed by atoms with Crippen molar-refractivity contribution in [3.8, 4) is 17.2 Å². The minimum Gasteiger partial charge on any atom is -0.494 e. The summed E-state index contributed by atoms with van der Waals surface area (Å²) in [7, 11) is -3.58. The standard InChI is InChI=1S/C21H24N4O5S/c1-4-25(5-2)31(27,28)18-13-9-15(10-14-18)19(26)22-21-24-23-20(30-21)16-7-11-17(12-8-16)29-6-3/h7-14H,4-6H2,1-3H3,(H,22,24,26). The number of hydrogen-bond acceptors (Lipinski definition) is 7. The van der Waals surface area contributed by atoms with E-state index in [1.807, 2.05) is 6.92 Å². The van der Waals surface area contributed by atoms with Crippen molar-refractivity contribution in [2.24, 2.45) is 0 Å². The Labute approximate surface area is 181 Å². The van der Waals surface area contributed by atoms with Crippen LogP contribution < -0.4 is 10.1 Å². The van der Waals surface area contributed by atoms with Gasteiger partial charge in [0.05, 0.1) is 11.5 Å². The van der Waals surface area contributed by atoms with Gasteiger partial charge in [-0.15, -0.1) is 5.10 Å². The van der Waals surface area contributed by atoms with Crippen molar-refractivity contribution in [3.63, 3.8) is 0 Å². The first kappa shape index (κ1) is 22.4. The molecule has 0 saturated heterocycles. The molecule has 0 aliphatic carbocycles.